The van der Waals surface area contributed by atoms with Gasteiger partial charge in [-0.05, 0) is 63.0 Å². The summed E-state index contributed by atoms with van der Waals surface area (Å²) in [4.78, 5) is 8.72. The Morgan fingerprint density at radius 2 is 2.23 bits per heavy atom. The van der Waals surface area contributed by atoms with Crippen LogP contribution in [0.5, 0.6) is 0 Å². The van der Waals surface area contributed by atoms with Crippen molar-refractivity contribution in [3.05, 3.63) is 24.2 Å². The van der Waals surface area contributed by atoms with Crippen LogP contribution in [0.2, 0.25) is 0 Å². The zero-order chi connectivity index (χ0) is 15.1. The Bertz CT molecular complexity index is 668. The fourth-order valence-electron chi connectivity index (χ4n) is 4.30. The van der Waals surface area contributed by atoms with E-state index in [0.29, 0.717) is 17.8 Å². The van der Waals surface area contributed by atoms with Crippen molar-refractivity contribution in [2.24, 2.45) is 17.8 Å². The second kappa shape index (κ2) is 5.38. The van der Waals surface area contributed by atoms with Crippen LogP contribution in [0.3, 0.4) is 0 Å². The summed E-state index contributed by atoms with van der Waals surface area (Å²) in [6.45, 7) is 4.11. The number of nitrogens with zero attached hydrogens (tertiary/aromatic N) is 3. The molecule has 2 aliphatic carbocycles. The van der Waals surface area contributed by atoms with Gasteiger partial charge in [0, 0.05) is 17.8 Å². The first kappa shape index (κ1) is 13.7. The standard InChI is InChI=1S/C17H22N4O/c1-10(15-8-12-3-4-13(15)7-12)19-16-9-14(5-6-18-16)17-20-11(2)21-22-17/h5-6,9-10,12-13,15H,3-4,7-8H2,1-2H3,(H,18,19). The van der Waals surface area contributed by atoms with Crippen LogP contribution in [0.1, 0.15) is 38.4 Å². The third-order valence-electron chi connectivity index (χ3n) is 5.35. The van der Waals surface area contributed by atoms with Crippen molar-refractivity contribution >= 4 is 5.82 Å². The van der Waals surface area contributed by atoms with E-state index in [4.69, 9.17) is 4.52 Å². The highest BCUT2D eigenvalue weighted by Gasteiger charge is 2.41. The van der Waals surface area contributed by atoms with Crippen molar-refractivity contribution in [3.8, 4) is 11.5 Å². The molecule has 4 atom stereocenters. The zero-order valence-corrected chi connectivity index (χ0v) is 13.1. The maximum absolute atomic E-state index is 5.23. The summed E-state index contributed by atoms with van der Waals surface area (Å²) in [5, 5.41) is 7.43. The van der Waals surface area contributed by atoms with Crippen molar-refractivity contribution in [1.82, 2.24) is 15.1 Å². The topological polar surface area (TPSA) is 63.8 Å². The molecule has 5 nitrogen and oxygen atoms in total. The third-order valence-corrected chi connectivity index (χ3v) is 5.35. The Hall–Kier alpha value is -1.91. The van der Waals surface area contributed by atoms with Crippen molar-refractivity contribution in [1.29, 1.82) is 0 Å². The first-order valence-electron chi connectivity index (χ1n) is 8.22. The molecular weight excluding hydrogens is 276 g/mol. The first-order valence-corrected chi connectivity index (χ1v) is 8.22. The van der Waals surface area contributed by atoms with Crippen molar-refractivity contribution < 1.29 is 4.52 Å². The van der Waals surface area contributed by atoms with Crippen LogP contribution in [0.4, 0.5) is 5.82 Å². The molecule has 0 aliphatic heterocycles. The predicted molar refractivity (Wildman–Crippen MR) is 84.3 cm³/mol. The molecular formula is C17H22N4O. The highest BCUT2D eigenvalue weighted by Crippen LogP contribution is 2.49. The Balaban J connectivity index is 1.49. The summed E-state index contributed by atoms with van der Waals surface area (Å²) in [5.41, 5.74) is 0.915. The average molecular weight is 298 g/mol. The number of hydrogen-bond acceptors (Lipinski definition) is 5. The minimum atomic E-state index is 0.461. The van der Waals surface area contributed by atoms with E-state index in [1.807, 2.05) is 19.1 Å². The molecule has 0 amide bonds. The van der Waals surface area contributed by atoms with E-state index < -0.39 is 0 Å². The molecule has 0 spiro atoms. The van der Waals surface area contributed by atoms with Gasteiger partial charge in [-0.2, -0.15) is 4.98 Å². The fraction of sp³-hybridized carbons (Fsp3) is 0.588. The lowest BCUT2D eigenvalue weighted by atomic mass is 9.84. The van der Waals surface area contributed by atoms with Gasteiger partial charge in [-0.25, -0.2) is 4.98 Å². The molecule has 116 valence electrons. The fourth-order valence-corrected chi connectivity index (χ4v) is 4.30. The van der Waals surface area contributed by atoms with Gasteiger partial charge in [0.05, 0.1) is 0 Å². The largest absolute Gasteiger partial charge is 0.367 e. The number of aromatic nitrogens is 3. The number of rotatable bonds is 4. The number of hydrogen-bond donors (Lipinski definition) is 1. The van der Waals surface area contributed by atoms with Gasteiger partial charge in [0.25, 0.3) is 5.89 Å². The van der Waals surface area contributed by atoms with Gasteiger partial charge < -0.3 is 9.84 Å². The predicted octanol–water partition coefficient (Wildman–Crippen LogP) is 3.68. The van der Waals surface area contributed by atoms with Crippen LogP contribution < -0.4 is 5.32 Å². The first-order chi connectivity index (χ1) is 10.7. The van der Waals surface area contributed by atoms with Gasteiger partial charge in [0.2, 0.25) is 0 Å². The minimum absolute atomic E-state index is 0.461. The van der Waals surface area contributed by atoms with Crippen LogP contribution in [0.15, 0.2) is 22.9 Å². The third kappa shape index (κ3) is 2.49. The summed E-state index contributed by atoms with van der Waals surface area (Å²) in [5.74, 6) is 4.76. The maximum Gasteiger partial charge on any atom is 0.258 e. The van der Waals surface area contributed by atoms with E-state index in [0.717, 1.165) is 29.1 Å². The molecule has 2 aromatic heterocycles. The summed E-state index contributed by atoms with van der Waals surface area (Å²) >= 11 is 0. The monoisotopic (exact) mass is 298 g/mol. The summed E-state index contributed by atoms with van der Waals surface area (Å²) in [7, 11) is 0. The number of nitrogens with one attached hydrogen (secondary N) is 1. The van der Waals surface area contributed by atoms with E-state index in [1.165, 1.54) is 25.7 Å². The Morgan fingerprint density at radius 1 is 1.32 bits per heavy atom. The van der Waals surface area contributed by atoms with Crippen LogP contribution in [0, 0.1) is 24.7 Å². The van der Waals surface area contributed by atoms with Crippen LogP contribution in [-0.2, 0) is 0 Å². The second-order valence-electron chi connectivity index (χ2n) is 6.85. The molecule has 4 unspecified atom stereocenters. The quantitative estimate of drug-likeness (QED) is 0.933. The second-order valence-corrected chi connectivity index (χ2v) is 6.85. The molecule has 2 aromatic rings. The summed E-state index contributed by atoms with van der Waals surface area (Å²) in [6, 6.07) is 4.36. The molecule has 4 rings (SSSR count). The van der Waals surface area contributed by atoms with Crippen molar-refractivity contribution in [2.75, 3.05) is 5.32 Å². The normalized spacial score (nSPS) is 28.0. The molecule has 5 heteroatoms. The zero-order valence-electron chi connectivity index (χ0n) is 13.1. The van der Waals surface area contributed by atoms with Gasteiger partial charge in [-0.1, -0.05) is 11.6 Å². The van der Waals surface area contributed by atoms with E-state index in [-0.39, 0.29) is 0 Å². The lowest BCUT2D eigenvalue weighted by molar-refractivity contribution is 0.304. The van der Waals surface area contributed by atoms with Crippen molar-refractivity contribution in [2.45, 2.75) is 45.6 Å². The molecule has 2 bridgehead atoms. The van der Waals surface area contributed by atoms with Gasteiger partial charge in [-0.15, -0.1) is 0 Å². The van der Waals surface area contributed by atoms with E-state index in [9.17, 15) is 0 Å². The van der Waals surface area contributed by atoms with Crippen LogP contribution >= 0.6 is 0 Å². The van der Waals surface area contributed by atoms with E-state index >= 15 is 0 Å². The lowest BCUT2D eigenvalue weighted by Gasteiger charge is -2.28. The van der Waals surface area contributed by atoms with Crippen LogP contribution in [-0.4, -0.2) is 21.2 Å². The van der Waals surface area contributed by atoms with Crippen LogP contribution in [0.25, 0.3) is 11.5 Å². The van der Waals surface area contributed by atoms with Gasteiger partial charge >= 0.3 is 0 Å². The molecule has 22 heavy (non-hydrogen) atoms. The molecule has 0 aromatic carbocycles. The number of anilines is 1. The molecule has 0 radical (unpaired) electrons. The van der Waals surface area contributed by atoms with Gasteiger partial charge in [-0.3, -0.25) is 0 Å². The molecule has 2 saturated carbocycles. The maximum atomic E-state index is 5.23. The van der Waals surface area contributed by atoms with Gasteiger partial charge in [0.1, 0.15) is 5.82 Å². The summed E-state index contributed by atoms with van der Waals surface area (Å²) in [6.07, 6.45) is 7.46. The molecule has 2 aliphatic rings. The average Bonchev–Trinajstić information content (AvgIpc) is 3.23. The van der Waals surface area contributed by atoms with Gasteiger partial charge in [0.15, 0.2) is 5.82 Å². The number of aryl methyl sites for hydroxylation is 1. The highest BCUT2D eigenvalue weighted by atomic mass is 16.5. The lowest BCUT2D eigenvalue weighted by Crippen LogP contribution is -2.30. The smallest absolute Gasteiger partial charge is 0.258 e. The Kier molecular flexibility index (Phi) is 3.36. The Labute approximate surface area is 130 Å². The van der Waals surface area contributed by atoms with E-state index in [2.05, 4.69) is 27.4 Å². The molecule has 1 N–H and O–H groups in total. The minimum Gasteiger partial charge on any atom is -0.367 e. The van der Waals surface area contributed by atoms with E-state index in [1.54, 1.807) is 6.20 Å². The molecule has 2 fully saturated rings. The van der Waals surface area contributed by atoms with Crippen molar-refractivity contribution in [3.63, 3.8) is 0 Å². The SMILES string of the molecule is Cc1noc(-c2ccnc(NC(C)C3CC4CCC3C4)c2)n1. The highest BCUT2D eigenvalue weighted by molar-refractivity contribution is 5.58. The molecule has 2 heterocycles. The number of pyridine rings is 1. The number of fused-ring (bicyclic) bond motifs is 2. The molecule has 0 saturated heterocycles. The summed E-state index contributed by atoms with van der Waals surface area (Å²) < 4.78 is 5.23. The Morgan fingerprint density at radius 3 is 2.91 bits per heavy atom.